The molecule has 8 N–H and O–H groups in total. The summed E-state index contributed by atoms with van der Waals surface area (Å²) in [6, 6.07) is 0. The van der Waals surface area contributed by atoms with Crippen LogP contribution in [0.1, 0.15) is 54.0 Å². The van der Waals surface area contributed by atoms with E-state index in [1.54, 1.807) is 9.13 Å². The van der Waals surface area contributed by atoms with Crippen molar-refractivity contribution in [2.24, 2.45) is 0 Å². The zero-order valence-electron chi connectivity index (χ0n) is 25.5. The van der Waals surface area contributed by atoms with Gasteiger partial charge in [-0.15, -0.1) is 12.8 Å². The molecule has 0 spiro atoms. The SMILES string of the molecule is C.C.C#C[C@]1(CO)O[C@@H](n2cnc3c(N)nc(Cl)nc32)C[C@H]1O.C#C[C@]1(COC(C)=O)O[C@@H](n2cnc3c(N)nc(N)nc32)C[C@H]1OC(C)=O. The molecule has 0 aromatic carbocycles. The van der Waals surface area contributed by atoms with Crippen LogP contribution >= 0.6 is 11.6 Å². The molecule has 4 aromatic heterocycles. The van der Waals surface area contributed by atoms with Crippen LogP contribution in [-0.4, -0.2) is 97.8 Å². The molecule has 20 heteroatoms. The largest absolute Gasteiger partial charge is 0.462 e. The highest BCUT2D eigenvalue weighted by Crippen LogP contribution is 2.41. The van der Waals surface area contributed by atoms with Crippen LogP contribution in [-0.2, 0) is 28.5 Å². The number of aromatic nitrogens is 8. The third kappa shape index (κ3) is 7.18. The molecule has 0 amide bonds. The molecule has 268 valence electrons. The Bertz CT molecular complexity index is 1970. The second-order valence-corrected chi connectivity index (χ2v) is 11.1. The number of hydrogen-bond donors (Lipinski definition) is 5. The quantitative estimate of drug-likeness (QED) is 0.105. The van der Waals surface area contributed by atoms with Gasteiger partial charge in [-0.05, 0) is 11.6 Å². The molecule has 0 aliphatic carbocycles. The Kier molecular flexibility index (Phi) is 11.8. The molecule has 0 radical (unpaired) electrons. The van der Waals surface area contributed by atoms with Gasteiger partial charge in [-0.3, -0.25) is 18.7 Å². The predicted molar refractivity (Wildman–Crippen MR) is 180 cm³/mol. The lowest BCUT2D eigenvalue weighted by Gasteiger charge is -2.28. The number of terminal acetylenes is 2. The third-order valence-electron chi connectivity index (χ3n) is 7.62. The summed E-state index contributed by atoms with van der Waals surface area (Å²) in [6.45, 7) is 1.72. The van der Waals surface area contributed by atoms with Gasteiger partial charge in [0.15, 0.2) is 28.5 Å². The molecule has 2 fully saturated rings. The summed E-state index contributed by atoms with van der Waals surface area (Å²) in [6.07, 6.45) is 11.1. The number of esters is 2. The van der Waals surface area contributed by atoms with E-state index in [0.29, 0.717) is 22.3 Å². The normalized spacial score (nSPS) is 25.3. The van der Waals surface area contributed by atoms with Gasteiger partial charge in [-0.25, -0.2) is 9.97 Å². The summed E-state index contributed by atoms with van der Waals surface area (Å²) in [5, 5.41) is 19.4. The Hall–Kier alpha value is -5.31. The van der Waals surface area contributed by atoms with Crippen molar-refractivity contribution >= 4 is 63.5 Å². The first-order valence-corrected chi connectivity index (χ1v) is 14.5. The standard InChI is InChI=1S/C16H18N6O5.C12H12ClN5O3.2CH4/c1-4-16(6-25-8(2)23)10(26-9(3)24)5-11(27-16)22-7-19-12-13(17)20-15(18)21-14(12)22;1-2-12(4-19)6(20)3-7(21-12)18-5-15-8-9(14)16-11(13)17-10(8)18;;/h1,7,10-11H,5-6H2,2-3H3,(H4,17,18,20,21);1,5-7,19-20H,3-4H2,(H2,14,16,17);2*1H4/t10-,11-,16-;6-,7-,12-;;/m11../s1. The van der Waals surface area contributed by atoms with Crippen molar-refractivity contribution < 1.29 is 38.7 Å². The Morgan fingerprint density at radius 1 is 0.940 bits per heavy atom. The summed E-state index contributed by atoms with van der Waals surface area (Å²) >= 11 is 5.79. The second kappa shape index (κ2) is 15.1. The molecule has 2 aliphatic rings. The number of rotatable bonds is 6. The Balaban J connectivity index is 0.000000267. The summed E-state index contributed by atoms with van der Waals surface area (Å²) in [7, 11) is 0. The van der Waals surface area contributed by atoms with Crippen molar-refractivity contribution in [3.8, 4) is 24.7 Å². The molecule has 4 aromatic rings. The van der Waals surface area contributed by atoms with Crippen LogP contribution < -0.4 is 17.2 Å². The van der Waals surface area contributed by atoms with E-state index < -0.39 is 54.4 Å². The van der Waals surface area contributed by atoms with Gasteiger partial charge < -0.3 is 46.4 Å². The van der Waals surface area contributed by atoms with Gasteiger partial charge in [0, 0.05) is 26.7 Å². The summed E-state index contributed by atoms with van der Waals surface area (Å²) < 4.78 is 25.1. The molecule has 2 aliphatic heterocycles. The van der Waals surface area contributed by atoms with Crippen molar-refractivity contribution in [1.29, 1.82) is 0 Å². The van der Waals surface area contributed by atoms with E-state index in [1.807, 2.05) is 0 Å². The van der Waals surface area contributed by atoms with Gasteiger partial charge in [0.05, 0.1) is 19.3 Å². The smallest absolute Gasteiger partial charge is 0.303 e. The Morgan fingerprint density at radius 3 is 2.00 bits per heavy atom. The molecule has 6 heterocycles. The van der Waals surface area contributed by atoms with E-state index in [0.717, 1.165) is 0 Å². The highest BCUT2D eigenvalue weighted by molar-refractivity contribution is 6.28. The first-order valence-electron chi connectivity index (χ1n) is 14.1. The van der Waals surface area contributed by atoms with Crippen LogP contribution in [0.3, 0.4) is 0 Å². The molecule has 19 nitrogen and oxygen atoms in total. The molecule has 50 heavy (non-hydrogen) atoms. The van der Waals surface area contributed by atoms with E-state index >= 15 is 0 Å². The number of aliphatic hydroxyl groups excluding tert-OH is 2. The first kappa shape index (κ1) is 39.1. The van der Waals surface area contributed by atoms with E-state index in [4.69, 9.17) is 60.6 Å². The monoisotopic (exact) mass is 715 g/mol. The molecule has 0 bridgehead atoms. The fraction of sp³-hybridized carbons (Fsp3) is 0.467. The van der Waals surface area contributed by atoms with Crippen LogP contribution in [0.2, 0.25) is 5.28 Å². The maximum absolute atomic E-state index is 11.5. The number of ether oxygens (including phenoxy) is 4. The zero-order valence-corrected chi connectivity index (χ0v) is 26.2. The van der Waals surface area contributed by atoms with Crippen molar-refractivity contribution in [3.05, 3.63) is 17.9 Å². The Morgan fingerprint density at radius 2 is 1.48 bits per heavy atom. The van der Waals surface area contributed by atoms with Crippen LogP contribution in [0.25, 0.3) is 22.3 Å². The number of nitrogens with zero attached hydrogens (tertiary/aromatic N) is 8. The van der Waals surface area contributed by atoms with Crippen molar-refractivity contribution in [2.75, 3.05) is 30.4 Å². The van der Waals surface area contributed by atoms with Gasteiger partial charge in [-0.2, -0.15) is 19.9 Å². The summed E-state index contributed by atoms with van der Waals surface area (Å²) in [5.41, 5.74) is 15.7. The number of aliphatic hydroxyl groups is 2. The number of hydrogen-bond acceptors (Lipinski definition) is 17. The van der Waals surface area contributed by atoms with Gasteiger partial charge in [-0.1, -0.05) is 26.7 Å². The van der Waals surface area contributed by atoms with E-state index in [9.17, 15) is 19.8 Å². The van der Waals surface area contributed by atoms with Crippen LogP contribution in [0.15, 0.2) is 12.7 Å². The van der Waals surface area contributed by atoms with Crippen LogP contribution in [0.5, 0.6) is 0 Å². The number of carbonyl (C=O) groups excluding carboxylic acids is 2. The van der Waals surface area contributed by atoms with Crippen molar-refractivity contribution in [1.82, 2.24) is 39.0 Å². The van der Waals surface area contributed by atoms with Gasteiger partial charge in [0.1, 0.15) is 42.3 Å². The molecule has 0 unspecified atom stereocenters. The van der Waals surface area contributed by atoms with Gasteiger partial charge >= 0.3 is 11.9 Å². The molecular weight excluding hydrogens is 678 g/mol. The zero-order chi connectivity index (χ0) is 35.0. The fourth-order valence-electron chi connectivity index (χ4n) is 5.29. The third-order valence-corrected chi connectivity index (χ3v) is 7.79. The predicted octanol–water partition coefficient (Wildman–Crippen LogP) is 0.755. The number of nitrogen functional groups attached to an aromatic ring is 3. The molecule has 6 atom stereocenters. The summed E-state index contributed by atoms with van der Waals surface area (Å²) in [5.74, 6) is 3.91. The maximum Gasteiger partial charge on any atom is 0.303 e. The minimum Gasteiger partial charge on any atom is -0.462 e. The number of anilines is 3. The van der Waals surface area contributed by atoms with Crippen molar-refractivity contribution in [2.45, 2.75) is 77.4 Å². The van der Waals surface area contributed by atoms with E-state index in [1.165, 1.54) is 26.5 Å². The number of halogens is 1. The highest BCUT2D eigenvalue weighted by Gasteiger charge is 2.52. The minimum absolute atomic E-state index is 0. The van der Waals surface area contributed by atoms with E-state index in [-0.39, 0.29) is 57.2 Å². The average molecular weight is 716 g/mol. The maximum atomic E-state index is 11.5. The molecular formula is C30H38ClN11O8. The number of fused-ring (bicyclic) bond motifs is 2. The van der Waals surface area contributed by atoms with Gasteiger partial charge in [0.2, 0.25) is 16.8 Å². The topological polar surface area (TPSA) is 277 Å². The summed E-state index contributed by atoms with van der Waals surface area (Å²) in [4.78, 5) is 46.9. The van der Waals surface area contributed by atoms with Crippen LogP contribution in [0.4, 0.5) is 17.6 Å². The number of carbonyl (C=O) groups is 2. The molecule has 6 rings (SSSR count). The van der Waals surface area contributed by atoms with E-state index in [2.05, 4.69) is 41.7 Å². The van der Waals surface area contributed by atoms with Crippen LogP contribution in [0, 0.1) is 24.7 Å². The second-order valence-electron chi connectivity index (χ2n) is 10.7. The van der Waals surface area contributed by atoms with Crippen molar-refractivity contribution in [3.63, 3.8) is 0 Å². The Labute approximate surface area is 291 Å². The lowest BCUT2D eigenvalue weighted by molar-refractivity contribution is -0.164. The molecule has 2 saturated heterocycles. The average Bonchev–Trinajstić information content (AvgIpc) is 3.80. The van der Waals surface area contributed by atoms with Gasteiger partial charge in [0.25, 0.3) is 0 Å². The number of nitrogens with two attached hydrogens (primary N) is 3. The number of imidazole rings is 2. The lowest BCUT2D eigenvalue weighted by Crippen LogP contribution is -2.45. The first-order chi connectivity index (χ1) is 22.8. The molecule has 0 saturated carbocycles. The fourth-order valence-corrected chi connectivity index (χ4v) is 5.46. The highest BCUT2D eigenvalue weighted by atomic mass is 35.5. The minimum atomic E-state index is -1.46. The lowest BCUT2D eigenvalue weighted by atomic mass is 9.98.